The number of para-hydroxylation sites is 1. The zero-order chi connectivity index (χ0) is 10.6. The second-order valence-corrected chi connectivity index (χ2v) is 4.49. The highest BCUT2D eigenvalue weighted by molar-refractivity contribution is 6.10. The standard InChI is InChI=1S/C12H14N2O/c1-14-10-5-3-2-4-9(10)12(11(14)15)6-8(12)7-13/h2-5,8H,6-7,13H2,1H3. The molecule has 2 N–H and O–H groups in total. The van der Waals surface area contributed by atoms with Gasteiger partial charge < -0.3 is 10.6 Å². The smallest absolute Gasteiger partial charge is 0.237 e. The monoisotopic (exact) mass is 202 g/mol. The Morgan fingerprint density at radius 3 is 2.93 bits per heavy atom. The van der Waals surface area contributed by atoms with E-state index in [-0.39, 0.29) is 11.3 Å². The quantitative estimate of drug-likeness (QED) is 0.734. The van der Waals surface area contributed by atoms with Crippen LogP contribution in [0.25, 0.3) is 0 Å². The van der Waals surface area contributed by atoms with E-state index in [2.05, 4.69) is 6.07 Å². The lowest BCUT2D eigenvalue weighted by Gasteiger charge is -2.10. The van der Waals surface area contributed by atoms with Crippen molar-refractivity contribution < 1.29 is 4.79 Å². The summed E-state index contributed by atoms with van der Waals surface area (Å²) in [5.74, 6) is 0.565. The number of hydrogen-bond donors (Lipinski definition) is 1. The third-order valence-corrected chi connectivity index (χ3v) is 3.82. The minimum atomic E-state index is -0.264. The van der Waals surface area contributed by atoms with Crippen LogP contribution >= 0.6 is 0 Å². The van der Waals surface area contributed by atoms with Crippen molar-refractivity contribution in [2.75, 3.05) is 18.5 Å². The Hall–Kier alpha value is -1.35. The van der Waals surface area contributed by atoms with Gasteiger partial charge in [0.2, 0.25) is 5.91 Å². The molecular weight excluding hydrogens is 188 g/mol. The number of fused-ring (bicyclic) bond motifs is 2. The largest absolute Gasteiger partial charge is 0.330 e. The molecule has 1 aromatic carbocycles. The molecule has 2 aliphatic rings. The lowest BCUT2D eigenvalue weighted by atomic mass is 9.95. The van der Waals surface area contributed by atoms with Crippen molar-refractivity contribution in [1.29, 1.82) is 0 Å². The van der Waals surface area contributed by atoms with Gasteiger partial charge in [-0.15, -0.1) is 0 Å². The first-order chi connectivity index (χ1) is 7.21. The van der Waals surface area contributed by atoms with Crippen LogP contribution in [0.3, 0.4) is 0 Å². The topological polar surface area (TPSA) is 46.3 Å². The van der Waals surface area contributed by atoms with Crippen molar-refractivity contribution in [3.8, 4) is 0 Å². The van der Waals surface area contributed by atoms with Crippen LogP contribution in [0.15, 0.2) is 24.3 Å². The number of anilines is 1. The third kappa shape index (κ3) is 0.868. The fourth-order valence-corrected chi connectivity index (χ4v) is 2.87. The van der Waals surface area contributed by atoms with Crippen molar-refractivity contribution in [3.05, 3.63) is 29.8 Å². The number of likely N-dealkylation sites (N-methyl/N-ethyl adjacent to an activating group) is 1. The fraction of sp³-hybridized carbons (Fsp3) is 0.417. The van der Waals surface area contributed by atoms with Crippen LogP contribution in [0.1, 0.15) is 12.0 Å². The summed E-state index contributed by atoms with van der Waals surface area (Å²) in [5.41, 5.74) is 7.65. The van der Waals surface area contributed by atoms with E-state index in [1.807, 2.05) is 25.2 Å². The Balaban J connectivity index is 2.17. The van der Waals surface area contributed by atoms with E-state index >= 15 is 0 Å². The molecule has 0 saturated heterocycles. The molecular formula is C12H14N2O. The van der Waals surface area contributed by atoms with Crippen molar-refractivity contribution in [2.24, 2.45) is 11.7 Å². The normalized spacial score (nSPS) is 32.3. The molecule has 1 spiro atoms. The van der Waals surface area contributed by atoms with E-state index in [4.69, 9.17) is 5.73 Å². The molecule has 3 rings (SSSR count). The first-order valence-electron chi connectivity index (χ1n) is 5.29. The minimum absolute atomic E-state index is 0.221. The predicted molar refractivity (Wildman–Crippen MR) is 58.7 cm³/mol. The molecule has 3 nitrogen and oxygen atoms in total. The maximum atomic E-state index is 12.2. The van der Waals surface area contributed by atoms with Gasteiger partial charge in [-0.25, -0.2) is 0 Å². The van der Waals surface area contributed by atoms with E-state index in [0.29, 0.717) is 12.5 Å². The molecule has 15 heavy (non-hydrogen) atoms. The zero-order valence-corrected chi connectivity index (χ0v) is 8.73. The van der Waals surface area contributed by atoms with Gasteiger partial charge in [-0.05, 0) is 30.5 Å². The molecule has 3 heteroatoms. The number of hydrogen-bond acceptors (Lipinski definition) is 2. The van der Waals surface area contributed by atoms with Crippen LogP contribution in [0.2, 0.25) is 0 Å². The van der Waals surface area contributed by atoms with E-state index in [0.717, 1.165) is 12.1 Å². The minimum Gasteiger partial charge on any atom is -0.330 e. The maximum absolute atomic E-state index is 12.2. The van der Waals surface area contributed by atoms with E-state index in [9.17, 15) is 4.79 Å². The molecule has 1 aliphatic carbocycles. The van der Waals surface area contributed by atoms with Crippen LogP contribution in [-0.4, -0.2) is 19.5 Å². The summed E-state index contributed by atoms with van der Waals surface area (Å²) in [6.45, 7) is 0.605. The van der Waals surface area contributed by atoms with Crippen molar-refractivity contribution >= 4 is 11.6 Å². The number of nitrogens with two attached hydrogens (primary N) is 1. The molecule has 1 fully saturated rings. The van der Waals surface area contributed by atoms with Crippen molar-refractivity contribution in [1.82, 2.24) is 0 Å². The SMILES string of the molecule is CN1C(=O)C2(CC2CN)c2ccccc21. The summed E-state index contributed by atoms with van der Waals surface area (Å²) in [6.07, 6.45) is 0.920. The lowest BCUT2D eigenvalue weighted by molar-refractivity contribution is -0.120. The number of carbonyl (C=O) groups is 1. The van der Waals surface area contributed by atoms with E-state index in [1.54, 1.807) is 4.90 Å². The fourth-order valence-electron chi connectivity index (χ4n) is 2.87. The number of rotatable bonds is 1. The van der Waals surface area contributed by atoms with Crippen LogP contribution in [-0.2, 0) is 10.2 Å². The van der Waals surface area contributed by atoms with Crippen LogP contribution < -0.4 is 10.6 Å². The molecule has 1 aromatic rings. The molecule has 1 saturated carbocycles. The Bertz CT molecular complexity index is 443. The van der Waals surface area contributed by atoms with Gasteiger partial charge in [-0.2, -0.15) is 0 Å². The molecule has 1 heterocycles. The Kier molecular flexibility index (Phi) is 1.55. The van der Waals surface area contributed by atoms with Crippen molar-refractivity contribution in [2.45, 2.75) is 11.8 Å². The molecule has 0 bridgehead atoms. The summed E-state index contributed by atoms with van der Waals surface area (Å²) in [5, 5.41) is 0. The van der Waals surface area contributed by atoms with Crippen molar-refractivity contribution in [3.63, 3.8) is 0 Å². The van der Waals surface area contributed by atoms with Gasteiger partial charge in [-0.3, -0.25) is 4.79 Å². The average molecular weight is 202 g/mol. The second kappa shape index (κ2) is 2.61. The lowest BCUT2D eigenvalue weighted by Crippen LogP contribution is -2.30. The molecule has 2 atom stereocenters. The summed E-state index contributed by atoms with van der Waals surface area (Å²) in [7, 11) is 1.85. The van der Waals surface area contributed by atoms with E-state index < -0.39 is 0 Å². The predicted octanol–water partition coefficient (Wildman–Crippen LogP) is 0.879. The van der Waals surface area contributed by atoms with Gasteiger partial charge in [-0.1, -0.05) is 18.2 Å². The molecule has 2 unspecified atom stereocenters. The summed E-state index contributed by atoms with van der Waals surface area (Å²) >= 11 is 0. The van der Waals surface area contributed by atoms with Gasteiger partial charge in [0.15, 0.2) is 0 Å². The zero-order valence-electron chi connectivity index (χ0n) is 8.73. The molecule has 0 aromatic heterocycles. The number of amides is 1. The average Bonchev–Trinajstić information content (AvgIpc) is 2.98. The first-order valence-corrected chi connectivity index (χ1v) is 5.29. The van der Waals surface area contributed by atoms with Crippen LogP contribution in [0.4, 0.5) is 5.69 Å². The Morgan fingerprint density at radius 2 is 2.27 bits per heavy atom. The second-order valence-electron chi connectivity index (χ2n) is 4.49. The Labute approximate surface area is 88.9 Å². The number of nitrogens with zero attached hydrogens (tertiary/aromatic N) is 1. The van der Waals surface area contributed by atoms with Gasteiger partial charge in [0, 0.05) is 12.7 Å². The highest BCUT2D eigenvalue weighted by Crippen LogP contribution is 2.60. The maximum Gasteiger partial charge on any atom is 0.237 e. The van der Waals surface area contributed by atoms with Gasteiger partial charge in [0.05, 0.1) is 5.41 Å². The molecule has 0 radical (unpaired) electrons. The highest BCUT2D eigenvalue weighted by atomic mass is 16.2. The van der Waals surface area contributed by atoms with Crippen LogP contribution in [0.5, 0.6) is 0 Å². The number of carbonyl (C=O) groups excluding carboxylic acids is 1. The molecule has 1 aliphatic heterocycles. The van der Waals surface area contributed by atoms with Gasteiger partial charge in [0.1, 0.15) is 0 Å². The Morgan fingerprint density at radius 1 is 1.53 bits per heavy atom. The summed E-state index contributed by atoms with van der Waals surface area (Å²) in [6, 6.07) is 8.04. The molecule has 1 amide bonds. The van der Waals surface area contributed by atoms with Crippen LogP contribution in [0, 0.1) is 5.92 Å². The first kappa shape index (κ1) is 8.92. The van der Waals surface area contributed by atoms with Gasteiger partial charge >= 0.3 is 0 Å². The number of benzene rings is 1. The highest BCUT2D eigenvalue weighted by Gasteiger charge is 2.65. The summed E-state index contributed by atoms with van der Waals surface area (Å²) < 4.78 is 0. The van der Waals surface area contributed by atoms with E-state index in [1.165, 1.54) is 5.56 Å². The molecule has 78 valence electrons. The van der Waals surface area contributed by atoms with Gasteiger partial charge in [0.25, 0.3) is 0 Å². The third-order valence-electron chi connectivity index (χ3n) is 3.82. The summed E-state index contributed by atoms with van der Waals surface area (Å²) in [4.78, 5) is 14.0.